The minimum absolute atomic E-state index is 0.451. The molecule has 1 atom stereocenters. The summed E-state index contributed by atoms with van der Waals surface area (Å²) in [5.74, 6) is 0. The van der Waals surface area contributed by atoms with Crippen LogP contribution in [0.5, 0.6) is 0 Å². The largest absolute Gasteiger partial charge is 0.383 e. The highest BCUT2D eigenvalue weighted by molar-refractivity contribution is 5.54. The van der Waals surface area contributed by atoms with E-state index in [0.29, 0.717) is 6.04 Å². The van der Waals surface area contributed by atoms with Crippen molar-refractivity contribution in [3.05, 3.63) is 60.2 Å². The topological polar surface area (TPSA) is 18.5 Å². The Morgan fingerprint density at radius 3 is 2.22 bits per heavy atom. The summed E-state index contributed by atoms with van der Waals surface area (Å²) < 4.78 is 0. The van der Waals surface area contributed by atoms with Crippen LogP contribution in [0.4, 0.5) is 11.4 Å². The Bertz CT molecular complexity index is 586. The van der Waals surface area contributed by atoms with Crippen LogP contribution in [0, 0.1) is 0 Å². The van der Waals surface area contributed by atoms with Gasteiger partial charge in [-0.1, -0.05) is 30.3 Å². The highest BCUT2D eigenvalue weighted by atomic mass is 15.2. The van der Waals surface area contributed by atoms with Gasteiger partial charge in [-0.25, -0.2) is 0 Å². The Hall–Kier alpha value is -2.00. The van der Waals surface area contributed by atoms with Gasteiger partial charge in [0, 0.05) is 32.0 Å². The number of anilines is 2. The van der Waals surface area contributed by atoms with Crippen molar-refractivity contribution in [3.8, 4) is 0 Å². The Balaban J connectivity index is 1.69. The molecule has 0 radical (unpaired) electrons. The second-order valence-corrected chi connectivity index (χ2v) is 6.49. The fourth-order valence-electron chi connectivity index (χ4n) is 3.28. The first kappa shape index (κ1) is 15.9. The van der Waals surface area contributed by atoms with Crippen molar-refractivity contribution in [1.29, 1.82) is 0 Å². The van der Waals surface area contributed by atoms with Crippen LogP contribution in [0.1, 0.15) is 24.4 Å². The van der Waals surface area contributed by atoms with E-state index in [1.807, 2.05) is 0 Å². The number of benzene rings is 2. The van der Waals surface area contributed by atoms with Crippen LogP contribution in [0.25, 0.3) is 0 Å². The molecule has 23 heavy (non-hydrogen) atoms. The molecular formula is C20H27N3. The molecule has 1 aliphatic rings. The van der Waals surface area contributed by atoms with Crippen LogP contribution in [0.2, 0.25) is 0 Å². The van der Waals surface area contributed by atoms with Gasteiger partial charge in [-0.3, -0.25) is 4.90 Å². The lowest BCUT2D eigenvalue weighted by Crippen LogP contribution is -2.31. The quantitative estimate of drug-likeness (QED) is 0.870. The van der Waals surface area contributed by atoms with E-state index < -0.39 is 0 Å². The molecule has 1 fully saturated rings. The maximum Gasteiger partial charge on any atom is 0.0520 e. The Kier molecular flexibility index (Phi) is 5.19. The van der Waals surface area contributed by atoms with E-state index in [-0.39, 0.29) is 0 Å². The molecule has 0 bridgehead atoms. The van der Waals surface area contributed by atoms with Crippen molar-refractivity contribution in [3.63, 3.8) is 0 Å². The average Bonchev–Trinajstić information content (AvgIpc) is 3.11. The molecule has 1 heterocycles. The molecule has 3 nitrogen and oxygen atoms in total. The van der Waals surface area contributed by atoms with Gasteiger partial charge in [-0.2, -0.15) is 0 Å². The zero-order valence-corrected chi connectivity index (χ0v) is 14.2. The van der Waals surface area contributed by atoms with Gasteiger partial charge < -0.3 is 10.2 Å². The number of nitrogens with one attached hydrogen (secondary N) is 1. The monoisotopic (exact) mass is 309 g/mol. The normalized spacial score (nSPS) is 16.3. The van der Waals surface area contributed by atoms with Gasteiger partial charge in [0.25, 0.3) is 0 Å². The first-order chi connectivity index (χ1) is 11.2. The summed E-state index contributed by atoms with van der Waals surface area (Å²) in [5, 5.41) is 3.63. The van der Waals surface area contributed by atoms with E-state index in [1.165, 1.54) is 42.9 Å². The Labute approximate surface area is 139 Å². The van der Waals surface area contributed by atoms with E-state index in [4.69, 9.17) is 0 Å². The van der Waals surface area contributed by atoms with Crippen LogP contribution in [0.15, 0.2) is 54.6 Å². The highest BCUT2D eigenvalue weighted by Gasteiger charge is 2.23. The molecule has 2 aromatic carbocycles. The maximum absolute atomic E-state index is 3.63. The van der Waals surface area contributed by atoms with Crippen molar-refractivity contribution in [2.24, 2.45) is 0 Å². The summed E-state index contributed by atoms with van der Waals surface area (Å²) in [4.78, 5) is 4.73. The molecule has 0 aromatic heterocycles. The second kappa shape index (κ2) is 7.51. The summed E-state index contributed by atoms with van der Waals surface area (Å²) in [6.45, 7) is 3.37. The maximum atomic E-state index is 3.63. The lowest BCUT2D eigenvalue weighted by Gasteiger charge is -2.28. The summed E-state index contributed by atoms with van der Waals surface area (Å²) in [6.07, 6.45) is 2.64. The third-order valence-electron chi connectivity index (χ3n) is 4.65. The molecular weight excluding hydrogens is 282 g/mol. The number of likely N-dealkylation sites (tertiary alicyclic amines) is 1. The fourth-order valence-corrected chi connectivity index (χ4v) is 3.28. The van der Waals surface area contributed by atoms with Crippen molar-refractivity contribution < 1.29 is 0 Å². The standard InChI is InChI=1S/C20H27N3/c1-22(2)19-12-10-18(11-13-19)21-16-20(23-14-6-7-15-23)17-8-4-3-5-9-17/h3-5,8-13,20-21H,6-7,14-16H2,1-2H3. The van der Waals surface area contributed by atoms with Crippen LogP contribution in [-0.2, 0) is 0 Å². The van der Waals surface area contributed by atoms with Crippen molar-refractivity contribution in [1.82, 2.24) is 4.90 Å². The molecule has 0 spiro atoms. The highest BCUT2D eigenvalue weighted by Crippen LogP contribution is 2.26. The van der Waals surface area contributed by atoms with Gasteiger partial charge in [-0.05, 0) is 55.8 Å². The molecule has 1 saturated heterocycles. The van der Waals surface area contributed by atoms with Gasteiger partial charge >= 0.3 is 0 Å². The smallest absolute Gasteiger partial charge is 0.0520 e. The zero-order valence-electron chi connectivity index (χ0n) is 14.2. The van der Waals surface area contributed by atoms with Gasteiger partial charge in [0.2, 0.25) is 0 Å². The third kappa shape index (κ3) is 4.05. The Morgan fingerprint density at radius 2 is 1.61 bits per heavy atom. The minimum Gasteiger partial charge on any atom is -0.383 e. The molecule has 1 unspecified atom stereocenters. The van der Waals surface area contributed by atoms with Crippen LogP contribution in [0.3, 0.4) is 0 Å². The summed E-state index contributed by atoms with van der Waals surface area (Å²) in [7, 11) is 4.14. The lowest BCUT2D eigenvalue weighted by atomic mass is 10.1. The first-order valence-corrected chi connectivity index (χ1v) is 8.54. The second-order valence-electron chi connectivity index (χ2n) is 6.49. The van der Waals surface area contributed by atoms with E-state index in [1.54, 1.807) is 0 Å². The minimum atomic E-state index is 0.451. The molecule has 3 heteroatoms. The molecule has 0 aliphatic carbocycles. The predicted molar refractivity (Wildman–Crippen MR) is 99.2 cm³/mol. The molecule has 0 amide bonds. The van der Waals surface area contributed by atoms with Crippen molar-refractivity contribution in [2.45, 2.75) is 18.9 Å². The van der Waals surface area contributed by atoms with Gasteiger partial charge in [0.1, 0.15) is 0 Å². The summed E-state index contributed by atoms with van der Waals surface area (Å²) in [5.41, 5.74) is 3.83. The number of hydrogen-bond acceptors (Lipinski definition) is 3. The SMILES string of the molecule is CN(C)c1ccc(NCC(c2ccccc2)N2CCCC2)cc1. The molecule has 1 N–H and O–H groups in total. The number of nitrogens with zero attached hydrogens (tertiary/aromatic N) is 2. The molecule has 0 saturated carbocycles. The summed E-state index contributed by atoms with van der Waals surface area (Å²) in [6, 6.07) is 20.0. The van der Waals surface area contributed by atoms with Gasteiger partial charge in [0.15, 0.2) is 0 Å². The van der Waals surface area contributed by atoms with Crippen molar-refractivity contribution >= 4 is 11.4 Å². The molecule has 3 rings (SSSR count). The van der Waals surface area contributed by atoms with Gasteiger partial charge in [0.05, 0.1) is 6.04 Å². The third-order valence-corrected chi connectivity index (χ3v) is 4.65. The number of hydrogen-bond donors (Lipinski definition) is 1. The molecule has 122 valence electrons. The number of rotatable bonds is 6. The first-order valence-electron chi connectivity index (χ1n) is 8.54. The summed E-state index contributed by atoms with van der Waals surface area (Å²) >= 11 is 0. The lowest BCUT2D eigenvalue weighted by molar-refractivity contribution is 0.256. The van der Waals surface area contributed by atoms with E-state index in [0.717, 1.165) is 6.54 Å². The Morgan fingerprint density at radius 1 is 0.957 bits per heavy atom. The predicted octanol–water partition coefficient (Wildman–Crippen LogP) is 4.00. The fraction of sp³-hybridized carbons (Fsp3) is 0.400. The average molecular weight is 309 g/mol. The van der Waals surface area contributed by atoms with Gasteiger partial charge in [-0.15, -0.1) is 0 Å². The molecule has 1 aliphatic heterocycles. The van der Waals surface area contributed by atoms with Crippen molar-refractivity contribution in [2.75, 3.05) is 43.9 Å². The van der Waals surface area contributed by atoms with E-state index >= 15 is 0 Å². The van der Waals surface area contributed by atoms with Crippen LogP contribution >= 0.6 is 0 Å². The van der Waals surface area contributed by atoms with E-state index in [2.05, 4.69) is 83.8 Å². The van der Waals surface area contributed by atoms with Crippen LogP contribution < -0.4 is 10.2 Å². The van der Waals surface area contributed by atoms with Crippen LogP contribution in [-0.4, -0.2) is 38.6 Å². The zero-order chi connectivity index (χ0) is 16.1. The molecule has 2 aromatic rings. The van der Waals surface area contributed by atoms with E-state index in [9.17, 15) is 0 Å².